The zero-order chi connectivity index (χ0) is 20.0. The van der Waals surface area contributed by atoms with Gasteiger partial charge in [-0.1, -0.05) is 0 Å². The molecule has 0 aromatic heterocycles. The molecule has 2 fully saturated rings. The van der Waals surface area contributed by atoms with E-state index in [1.54, 1.807) is 4.90 Å². The molecule has 1 N–H and O–H groups in total. The number of esters is 1. The van der Waals surface area contributed by atoms with E-state index in [2.05, 4.69) is 10.2 Å². The van der Waals surface area contributed by atoms with Crippen molar-refractivity contribution in [1.82, 2.24) is 15.1 Å². The van der Waals surface area contributed by atoms with Gasteiger partial charge in [0.15, 0.2) is 0 Å². The van der Waals surface area contributed by atoms with Crippen LogP contribution in [0.25, 0.3) is 0 Å². The van der Waals surface area contributed by atoms with Crippen molar-refractivity contribution < 1.29 is 23.9 Å². The Kier molecular flexibility index (Phi) is 7.47. The first-order valence-corrected chi connectivity index (χ1v) is 9.76. The number of rotatable bonds is 5. The predicted molar refractivity (Wildman–Crippen MR) is 100 cm³/mol. The minimum Gasteiger partial charge on any atom is -0.469 e. The van der Waals surface area contributed by atoms with Gasteiger partial charge in [0.2, 0.25) is 5.91 Å². The molecule has 2 aliphatic heterocycles. The maximum atomic E-state index is 12.3. The first-order valence-electron chi connectivity index (χ1n) is 9.76. The molecule has 0 bridgehead atoms. The van der Waals surface area contributed by atoms with E-state index in [-0.39, 0.29) is 24.4 Å². The number of hydrogen-bond donors (Lipinski definition) is 1. The highest BCUT2D eigenvalue weighted by Gasteiger charge is 2.33. The Morgan fingerprint density at radius 3 is 2.67 bits per heavy atom. The van der Waals surface area contributed by atoms with Crippen molar-refractivity contribution in [3.05, 3.63) is 0 Å². The van der Waals surface area contributed by atoms with Crippen LogP contribution >= 0.6 is 0 Å². The molecule has 0 radical (unpaired) electrons. The molecule has 0 aromatic carbocycles. The molecule has 2 rings (SSSR count). The molecular weight excluding hydrogens is 350 g/mol. The molecule has 0 saturated carbocycles. The van der Waals surface area contributed by atoms with Gasteiger partial charge in [-0.3, -0.25) is 14.5 Å². The van der Waals surface area contributed by atoms with Crippen molar-refractivity contribution in [2.45, 2.75) is 58.1 Å². The molecule has 2 amide bonds. The van der Waals surface area contributed by atoms with Crippen LogP contribution in [0.15, 0.2) is 0 Å². The molecule has 0 aromatic rings. The van der Waals surface area contributed by atoms with E-state index in [1.165, 1.54) is 7.11 Å². The number of carbonyl (C=O) groups is 3. The van der Waals surface area contributed by atoms with Crippen LogP contribution in [0.2, 0.25) is 0 Å². The quantitative estimate of drug-likeness (QED) is 0.722. The van der Waals surface area contributed by atoms with Crippen LogP contribution in [0.1, 0.15) is 46.5 Å². The van der Waals surface area contributed by atoms with Gasteiger partial charge >= 0.3 is 12.1 Å². The number of methoxy groups -OCH3 is 1. The Bertz CT molecular complexity index is 546. The van der Waals surface area contributed by atoms with Crippen LogP contribution in [0, 0.1) is 5.92 Å². The molecule has 0 aliphatic carbocycles. The fourth-order valence-electron chi connectivity index (χ4n) is 3.63. The van der Waals surface area contributed by atoms with Gasteiger partial charge in [0.25, 0.3) is 0 Å². The van der Waals surface area contributed by atoms with Gasteiger partial charge in [-0.25, -0.2) is 4.79 Å². The van der Waals surface area contributed by atoms with E-state index in [1.807, 2.05) is 20.8 Å². The lowest BCUT2D eigenvalue weighted by Crippen LogP contribution is -2.56. The summed E-state index contributed by atoms with van der Waals surface area (Å²) in [5, 5.41) is 2.82. The second-order valence-corrected chi connectivity index (χ2v) is 8.35. The van der Waals surface area contributed by atoms with Crippen LogP contribution in [0.3, 0.4) is 0 Å². The van der Waals surface area contributed by atoms with Crippen LogP contribution in [-0.4, -0.2) is 79.2 Å². The standard InChI is InChI=1S/C19H33N3O5/c1-19(2,3)27-18(25)22-9-5-6-14(13-22)7-10-21-11-8-20-17(24)15(21)12-16(23)26-4/h14-15H,5-13H2,1-4H3,(H,20,24)/t14-,15+/m1/s1. The first-order chi connectivity index (χ1) is 12.7. The number of piperidine rings is 1. The second-order valence-electron chi connectivity index (χ2n) is 8.35. The van der Waals surface area contributed by atoms with Crippen molar-refractivity contribution in [2.24, 2.45) is 5.92 Å². The summed E-state index contributed by atoms with van der Waals surface area (Å²) in [5.74, 6) is -0.128. The summed E-state index contributed by atoms with van der Waals surface area (Å²) < 4.78 is 10.2. The molecule has 154 valence electrons. The Morgan fingerprint density at radius 1 is 1.26 bits per heavy atom. The van der Waals surface area contributed by atoms with Crippen molar-refractivity contribution in [3.63, 3.8) is 0 Å². The van der Waals surface area contributed by atoms with E-state index < -0.39 is 11.6 Å². The van der Waals surface area contributed by atoms with Gasteiger partial charge < -0.3 is 19.7 Å². The van der Waals surface area contributed by atoms with Gasteiger partial charge in [-0.2, -0.15) is 0 Å². The number of hydrogen-bond acceptors (Lipinski definition) is 6. The Labute approximate surface area is 161 Å². The van der Waals surface area contributed by atoms with Crippen LogP contribution in [0.5, 0.6) is 0 Å². The zero-order valence-electron chi connectivity index (χ0n) is 17.0. The summed E-state index contributed by atoms with van der Waals surface area (Å²) >= 11 is 0. The number of nitrogens with zero attached hydrogens (tertiary/aromatic N) is 2. The molecule has 0 unspecified atom stereocenters. The molecular formula is C19H33N3O5. The molecule has 2 saturated heterocycles. The Balaban J connectivity index is 1.87. The van der Waals surface area contributed by atoms with Gasteiger partial charge in [-0.05, 0) is 52.5 Å². The summed E-state index contributed by atoms with van der Waals surface area (Å²) in [6.07, 6.45) is 2.70. The number of piperazine rings is 1. The minimum absolute atomic E-state index is 0.0665. The lowest BCUT2D eigenvalue weighted by Gasteiger charge is -2.37. The number of ether oxygens (including phenoxy) is 2. The summed E-state index contributed by atoms with van der Waals surface area (Å²) in [5.41, 5.74) is -0.494. The summed E-state index contributed by atoms with van der Waals surface area (Å²) in [7, 11) is 1.33. The van der Waals surface area contributed by atoms with Gasteiger partial charge in [0.1, 0.15) is 5.60 Å². The van der Waals surface area contributed by atoms with Crippen molar-refractivity contribution >= 4 is 18.0 Å². The third kappa shape index (κ3) is 6.68. The first kappa shape index (κ1) is 21.5. The third-order valence-corrected chi connectivity index (χ3v) is 5.02. The van der Waals surface area contributed by atoms with Crippen LogP contribution in [-0.2, 0) is 19.1 Å². The molecule has 2 atom stereocenters. The SMILES string of the molecule is COC(=O)C[C@H]1C(=O)NCCN1CC[C@H]1CCCN(C(=O)OC(C)(C)C)C1. The topological polar surface area (TPSA) is 88.2 Å². The zero-order valence-corrected chi connectivity index (χ0v) is 17.0. The monoisotopic (exact) mass is 383 g/mol. The Hall–Kier alpha value is -1.83. The Morgan fingerprint density at radius 2 is 2.00 bits per heavy atom. The second kappa shape index (κ2) is 9.39. The summed E-state index contributed by atoms with van der Waals surface area (Å²) in [6.45, 7) is 9.04. The predicted octanol–water partition coefficient (Wildman–Crippen LogP) is 1.39. The van der Waals surface area contributed by atoms with Gasteiger partial charge in [-0.15, -0.1) is 0 Å². The molecule has 2 aliphatic rings. The highest BCUT2D eigenvalue weighted by Crippen LogP contribution is 2.23. The van der Waals surface area contributed by atoms with E-state index in [9.17, 15) is 14.4 Å². The number of nitrogens with one attached hydrogen (secondary N) is 1. The van der Waals surface area contributed by atoms with Crippen molar-refractivity contribution in [3.8, 4) is 0 Å². The van der Waals surface area contributed by atoms with Gasteiger partial charge in [0.05, 0.1) is 19.6 Å². The van der Waals surface area contributed by atoms with Gasteiger partial charge in [0, 0.05) is 26.2 Å². The highest BCUT2D eigenvalue weighted by molar-refractivity contribution is 5.87. The van der Waals surface area contributed by atoms with E-state index in [0.717, 1.165) is 38.9 Å². The lowest BCUT2D eigenvalue weighted by atomic mass is 9.94. The molecule has 8 heteroatoms. The minimum atomic E-state index is -0.494. The largest absolute Gasteiger partial charge is 0.469 e. The smallest absolute Gasteiger partial charge is 0.410 e. The van der Waals surface area contributed by atoms with Crippen LogP contribution in [0.4, 0.5) is 4.79 Å². The fourth-order valence-corrected chi connectivity index (χ4v) is 3.63. The maximum Gasteiger partial charge on any atom is 0.410 e. The lowest BCUT2D eigenvalue weighted by molar-refractivity contribution is -0.146. The molecule has 2 heterocycles. The van der Waals surface area contributed by atoms with E-state index in [0.29, 0.717) is 19.0 Å². The maximum absolute atomic E-state index is 12.3. The molecule has 8 nitrogen and oxygen atoms in total. The average Bonchev–Trinajstić information content (AvgIpc) is 2.61. The molecule has 0 spiro atoms. The normalized spacial score (nSPS) is 24.3. The number of likely N-dealkylation sites (tertiary alicyclic amines) is 1. The summed E-state index contributed by atoms with van der Waals surface area (Å²) in [6, 6.07) is -0.475. The number of amides is 2. The van der Waals surface area contributed by atoms with E-state index in [4.69, 9.17) is 9.47 Å². The third-order valence-electron chi connectivity index (χ3n) is 5.02. The number of carbonyl (C=O) groups excluding carboxylic acids is 3. The highest BCUT2D eigenvalue weighted by atomic mass is 16.6. The van der Waals surface area contributed by atoms with Crippen molar-refractivity contribution in [1.29, 1.82) is 0 Å². The summed E-state index contributed by atoms with van der Waals surface area (Å²) in [4.78, 5) is 39.9. The molecule has 27 heavy (non-hydrogen) atoms. The fraction of sp³-hybridized carbons (Fsp3) is 0.842. The van der Waals surface area contributed by atoms with Crippen molar-refractivity contribution in [2.75, 3.05) is 39.8 Å². The van der Waals surface area contributed by atoms with Crippen LogP contribution < -0.4 is 5.32 Å². The average molecular weight is 383 g/mol. The van der Waals surface area contributed by atoms with E-state index >= 15 is 0 Å².